The van der Waals surface area contributed by atoms with Gasteiger partial charge in [0.2, 0.25) is 0 Å². The van der Waals surface area contributed by atoms with E-state index in [0.29, 0.717) is 0 Å². The topological polar surface area (TPSA) is 47.7 Å². The van der Waals surface area contributed by atoms with Crippen molar-refractivity contribution in [2.75, 3.05) is 0 Å². The summed E-state index contributed by atoms with van der Waals surface area (Å²) in [5.41, 5.74) is 6.27. The molecule has 2 heteroatoms. The average molecular weight is 69.1 g/mol. The van der Waals surface area contributed by atoms with E-state index < -0.39 is 0 Å². The van der Waals surface area contributed by atoms with Gasteiger partial charge in [-0.15, -0.1) is 0 Å². The van der Waals surface area contributed by atoms with E-state index in [1.54, 1.807) is 0 Å². The van der Waals surface area contributed by atoms with Crippen LogP contribution in [0.3, 0.4) is 0 Å². The zero-order chi connectivity index (χ0) is 4.12. The molecule has 0 heterocycles. The fourth-order valence-electron chi connectivity index (χ4n) is 0.0481. The van der Waals surface area contributed by atoms with Crippen molar-refractivity contribution in [3.05, 3.63) is 18.0 Å². The van der Waals surface area contributed by atoms with Crippen LogP contribution in [0.5, 0.6) is 0 Å². The lowest BCUT2D eigenvalue weighted by Gasteiger charge is -1.71. The molecule has 0 aliphatic heterocycles. The van der Waals surface area contributed by atoms with Crippen molar-refractivity contribution < 1.29 is 0 Å². The van der Waals surface area contributed by atoms with Crippen LogP contribution >= 0.6 is 0 Å². The second kappa shape index (κ2) is 3.21. The summed E-state index contributed by atoms with van der Waals surface area (Å²) in [7, 11) is 0. The first-order valence-corrected chi connectivity index (χ1v) is 1.24. The van der Waals surface area contributed by atoms with E-state index in [4.69, 9.17) is 11.1 Å². The molecule has 0 aromatic carbocycles. The van der Waals surface area contributed by atoms with Gasteiger partial charge >= 0.3 is 0 Å². The van der Waals surface area contributed by atoms with Crippen molar-refractivity contribution >= 4 is 6.21 Å². The van der Waals surface area contributed by atoms with Gasteiger partial charge in [0.15, 0.2) is 0 Å². The first kappa shape index (κ1) is 4.21. The summed E-state index contributed by atoms with van der Waals surface area (Å²) < 4.78 is 0. The molecule has 0 aromatic heterocycles. The molecular formula is C3H5N2-. The summed E-state index contributed by atoms with van der Waals surface area (Å²) in [5.74, 6) is 0. The summed E-state index contributed by atoms with van der Waals surface area (Å²) in [6.07, 6.45) is 3.46. The second-order valence-corrected chi connectivity index (χ2v) is 0.526. The Balaban J connectivity index is 2.92. The Morgan fingerprint density at radius 2 is 2.20 bits per heavy atom. The average Bonchev–Trinajstić information content (AvgIpc) is 1.41. The third-order valence-electron chi connectivity index (χ3n) is 0.192. The highest BCUT2D eigenvalue weighted by molar-refractivity contribution is 5.67. The Labute approximate surface area is 30.8 Å². The molecule has 0 saturated carbocycles. The van der Waals surface area contributed by atoms with E-state index in [2.05, 4.69) is 0 Å². The molecule has 0 unspecified atom stereocenters. The third kappa shape index (κ3) is 3.21. The summed E-state index contributed by atoms with van der Waals surface area (Å²) in [5, 5.41) is 6.27. The maximum atomic E-state index is 6.27. The first-order valence-electron chi connectivity index (χ1n) is 1.24. The van der Waals surface area contributed by atoms with Gasteiger partial charge in [0.1, 0.15) is 0 Å². The predicted molar refractivity (Wildman–Crippen MR) is 22.2 cm³/mol. The van der Waals surface area contributed by atoms with E-state index in [0.717, 1.165) is 12.4 Å². The van der Waals surface area contributed by atoms with Gasteiger partial charge in [-0.2, -0.15) is 6.20 Å². The number of hydrogen-bond donors (Lipinski definition) is 1. The lowest BCUT2D eigenvalue weighted by Crippen LogP contribution is -1.47. The largest absolute Gasteiger partial charge is 0.705 e. The van der Waals surface area contributed by atoms with Gasteiger partial charge in [0.05, 0.1) is 0 Å². The molecule has 0 rings (SSSR count). The number of hydrogen-bond acceptors (Lipinski definition) is 1. The second-order valence-electron chi connectivity index (χ2n) is 0.526. The molecule has 0 fully saturated rings. The highest BCUT2D eigenvalue weighted by Crippen LogP contribution is 1.58. The SMILES string of the molecule is N=C/C=C/[NH-]. The normalized spacial score (nSPS) is 8.80. The highest BCUT2D eigenvalue weighted by atomic mass is 14.5. The molecular weight excluding hydrogens is 64.0 g/mol. The quantitative estimate of drug-likeness (QED) is 0.450. The predicted octanol–water partition coefficient (Wildman–Crippen LogP) is 1.20. The number of rotatable bonds is 1. The van der Waals surface area contributed by atoms with Crippen LogP contribution in [0.15, 0.2) is 12.3 Å². The Bertz CT molecular complexity index is 46.9. The minimum atomic E-state index is 1.06. The lowest BCUT2D eigenvalue weighted by atomic mass is 10.7. The third-order valence-corrected chi connectivity index (χ3v) is 0.192. The zero-order valence-corrected chi connectivity index (χ0v) is 2.73. The number of allylic oxidation sites excluding steroid dienone is 1. The lowest BCUT2D eigenvalue weighted by molar-refractivity contribution is 1.58. The molecule has 2 N–H and O–H groups in total. The van der Waals surface area contributed by atoms with Crippen molar-refractivity contribution in [2.24, 2.45) is 0 Å². The van der Waals surface area contributed by atoms with E-state index in [1.807, 2.05) is 0 Å². The highest BCUT2D eigenvalue weighted by Gasteiger charge is 1.36. The maximum Gasteiger partial charge on any atom is 0.0159 e. The molecule has 0 aliphatic carbocycles. The van der Waals surface area contributed by atoms with Gasteiger partial charge < -0.3 is 11.1 Å². The zero-order valence-electron chi connectivity index (χ0n) is 2.73. The number of nitrogens with one attached hydrogen (secondary N) is 2. The van der Waals surface area contributed by atoms with Crippen LogP contribution in [0.1, 0.15) is 0 Å². The Morgan fingerprint density at radius 3 is 2.20 bits per heavy atom. The van der Waals surface area contributed by atoms with Crippen LogP contribution in [0.2, 0.25) is 0 Å². The van der Waals surface area contributed by atoms with Gasteiger partial charge in [-0.3, -0.25) is 0 Å². The van der Waals surface area contributed by atoms with E-state index >= 15 is 0 Å². The Morgan fingerprint density at radius 1 is 1.60 bits per heavy atom. The van der Waals surface area contributed by atoms with Crippen LogP contribution in [0.25, 0.3) is 5.73 Å². The summed E-state index contributed by atoms with van der Waals surface area (Å²) >= 11 is 0. The van der Waals surface area contributed by atoms with E-state index in [-0.39, 0.29) is 0 Å². The molecule has 0 amide bonds. The smallest absolute Gasteiger partial charge is 0.0159 e. The van der Waals surface area contributed by atoms with Crippen molar-refractivity contribution in [3.63, 3.8) is 0 Å². The van der Waals surface area contributed by atoms with Crippen molar-refractivity contribution in [2.45, 2.75) is 0 Å². The van der Waals surface area contributed by atoms with Gasteiger partial charge in [0, 0.05) is 6.21 Å². The van der Waals surface area contributed by atoms with Gasteiger partial charge in [-0.05, 0) is 0 Å². The van der Waals surface area contributed by atoms with Crippen molar-refractivity contribution in [1.29, 1.82) is 5.41 Å². The molecule has 0 aliphatic rings. The van der Waals surface area contributed by atoms with Crippen LogP contribution in [-0.4, -0.2) is 6.21 Å². The molecule has 0 bridgehead atoms. The molecule has 28 valence electrons. The Kier molecular flexibility index (Phi) is 2.70. The molecule has 2 nitrogen and oxygen atoms in total. The van der Waals surface area contributed by atoms with Gasteiger partial charge in [-0.1, -0.05) is 6.08 Å². The maximum absolute atomic E-state index is 6.27. The van der Waals surface area contributed by atoms with Crippen LogP contribution < -0.4 is 0 Å². The van der Waals surface area contributed by atoms with E-state index in [9.17, 15) is 0 Å². The minimum Gasteiger partial charge on any atom is -0.705 e. The summed E-state index contributed by atoms with van der Waals surface area (Å²) in [4.78, 5) is 0. The molecule has 5 heavy (non-hydrogen) atoms. The summed E-state index contributed by atoms with van der Waals surface area (Å²) in [6.45, 7) is 0. The fourth-order valence-corrected chi connectivity index (χ4v) is 0.0481. The summed E-state index contributed by atoms with van der Waals surface area (Å²) in [6, 6.07) is 0. The Hall–Kier alpha value is -0.790. The van der Waals surface area contributed by atoms with Crippen molar-refractivity contribution in [3.8, 4) is 0 Å². The van der Waals surface area contributed by atoms with Gasteiger partial charge in [-0.25, -0.2) is 0 Å². The van der Waals surface area contributed by atoms with Crippen LogP contribution in [-0.2, 0) is 0 Å². The van der Waals surface area contributed by atoms with Crippen LogP contribution in [0.4, 0.5) is 0 Å². The minimum absolute atomic E-state index is 1.06. The van der Waals surface area contributed by atoms with Crippen molar-refractivity contribution in [1.82, 2.24) is 0 Å². The first-order chi connectivity index (χ1) is 2.41. The molecule has 0 atom stereocenters. The molecule has 0 saturated heterocycles. The monoisotopic (exact) mass is 69.0 g/mol. The molecule has 0 radical (unpaired) electrons. The fraction of sp³-hybridized carbons (Fsp3) is 0. The van der Waals surface area contributed by atoms with E-state index in [1.165, 1.54) is 6.08 Å². The molecule has 0 aromatic rings. The van der Waals surface area contributed by atoms with Gasteiger partial charge in [0.25, 0.3) is 0 Å². The van der Waals surface area contributed by atoms with Crippen LogP contribution in [0, 0.1) is 5.41 Å². The standard InChI is InChI=1S/C3H5N2/c4-2-1-3-5/h1-5H/q-1/b2-1+,5-3?. The molecule has 0 spiro atoms.